The van der Waals surface area contributed by atoms with Crippen molar-refractivity contribution in [2.24, 2.45) is 11.7 Å². The molecule has 0 unspecified atom stereocenters. The molecule has 0 bridgehead atoms. The van der Waals surface area contributed by atoms with Crippen molar-refractivity contribution in [2.75, 3.05) is 19.6 Å². The van der Waals surface area contributed by atoms with Crippen molar-refractivity contribution in [3.8, 4) is 0 Å². The maximum Gasteiger partial charge on any atom is 0.0705 e. The fourth-order valence-corrected chi connectivity index (χ4v) is 3.01. The number of nitrogens with two attached hydrogens (primary N) is 1. The molecule has 3 nitrogen and oxygen atoms in total. The van der Waals surface area contributed by atoms with Crippen LogP contribution >= 0.6 is 0 Å². The van der Waals surface area contributed by atoms with Gasteiger partial charge in [-0.15, -0.1) is 0 Å². The molecule has 1 aromatic carbocycles. The molecule has 3 rings (SSSR count). The van der Waals surface area contributed by atoms with Crippen molar-refractivity contribution in [1.82, 2.24) is 9.88 Å². The first-order valence-corrected chi connectivity index (χ1v) is 7.53. The third-order valence-corrected chi connectivity index (χ3v) is 4.34. The predicted octanol–water partition coefficient (Wildman–Crippen LogP) is 2.71. The SMILES string of the molecule is Cc1ccc2cc(CN3CCC(CN)CC3)ccc2n1. The Kier molecular flexibility index (Phi) is 3.99. The van der Waals surface area contributed by atoms with Gasteiger partial charge in [-0.2, -0.15) is 0 Å². The number of nitrogens with zero attached hydrogens (tertiary/aromatic N) is 2. The van der Waals surface area contributed by atoms with Gasteiger partial charge in [-0.05, 0) is 69.1 Å². The van der Waals surface area contributed by atoms with Crippen molar-refractivity contribution >= 4 is 10.9 Å². The Bertz CT molecular complexity index is 586. The molecule has 1 saturated heterocycles. The number of pyridine rings is 1. The number of aryl methyl sites for hydroxylation is 1. The molecule has 106 valence electrons. The summed E-state index contributed by atoms with van der Waals surface area (Å²) in [6.45, 7) is 6.27. The van der Waals surface area contributed by atoms with Crippen LogP contribution < -0.4 is 5.73 Å². The first kappa shape index (κ1) is 13.5. The summed E-state index contributed by atoms with van der Waals surface area (Å²) in [7, 11) is 0. The third kappa shape index (κ3) is 3.00. The van der Waals surface area contributed by atoms with E-state index in [1.807, 2.05) is 6.92 Å². The molecule has 2 N–H and O–H groups in total. The fourth-order valence-electron chi connectivity index (χ4n) is 3.01. The van der Waals surface area contributed by atoms with E-state index in [1.165, 1.54) is 36.9 Å². The average molecular weight is 269 g/mol. The van der Waals surface area contributed by atoms with E-state index in [0.717, 1.165) is 30.2 Å². The van der Waals surface area contributed by atoms with Crippen LogP contribution in [0.2, 0.25) is 0 Å². The molecule has 0 saturated carbocycles. The van der Waals surface area contributed by atoms with Gasteiger partial charge in [0, 0.05) is 17.6 Å². The van der Waals surface area contributed by atoms with E-state index in [1.54, 1.807) is 0 Å². The summed E-state index contributed by atoms with van der Waals surface area (Å²) in [5.74, 6) is 0.732. The van der Waals surface area contributed by atoms with Gasteiger partial charge in [-0.1, -0.05) is 12.1 Å². The van der Waals surface area contributed by atoms with E-state index in [0.29, 0.717) is 0 Å². The zero-order valence-electron chi connectivity index (χ0n) is 12.2. The predicted molar refractivity (Wildman–Crippen MR) is 83.5 cm³/mol. The van der Waals surface area contributed by atoms with Gasteiger partial charge in [0.2, 0.25) is 0 Å². The second-order valence-corrected chi connectivity index (χ2v) is 5.93. The second kappa shape index (κ2) is 5.90. The van der Waals surface area contributed by atoms with E-state index in [2.05, 4.69) is 40.2 Å². The van der Waals surface area contributed by atoms with Gasteiger partial charge >= 0.3 is 0 Å². The minimum absolute atomic E-state index is 0.732. The Morgan fingerprint density at radius 2 is 2.00 bits per heavy atom. The Morgan fingerprint density at radius 3 is 2.75 bits per heavy atom. The Labute approximate surface area is 120 Å². The molecule has 20 heavy (non-hydrogen) atoms. The van der Waals surface area contributed by atoms with Crippen LogP contribution in [0.4, 0.5) is 0 Å². The lowest BCUT2D eigenvalue weighted by Gasteiger charge is -2.31. The lowest BCUT2D eigenvalue weighted by Crippen LogP contribution is -2.35. The quantitative estimate of drug-likeness (QED) is 0.931. The summed E-state index contributed by atoms with van der Waals surface area (Å²) in [5, 5.41) is 1.24. The molecule has 1 fully saturated rings. The number of benzene rings is 1. The molecule has 1 aliphatic rings. The van der Waals surface area contributed by atoms with Gasteiger partial charge in [0.05, 0.1) is 5.52 Å². The Balaban J connectivity index is 1.70. The monoisotopic (exact) mass is 269 g/mol. The highest BCUT2D eigenvalue weighted by molar-refractivity contribution is 5.79. The highest BCUT2D eigenvalue weighted by atomic mass is 15.1. The first-order valence-electron chi connectivity index (χ1n) is 7.53. The molecule has 2 heterocycles. The van der Waals surface area contributed by atoms with Crippen molar-refractivity contribution in [3.05, 3.63) is 41.6 Å². The summed E-state index contributed by atoms with van der Waals surface area (Å²) in [6, 6.07) is 10.9. The Morgan fingerprint density at radius 1 is 1.20 bits per heavy atom. The number of rotatable bonds is 3. The average Bonchev–Trinajstić information content (AvgIpc) is 2.48. The largest absolute Gasteiger partial charge is 0.330 e. The Hall–Kier alpha value is -1.45. The van der Waals surface area contributed by atoms with Crippen LogP contribution in [-0.2, 0) is 6.54 Å². The standard InChI is InChI=1S/C17H23N3/c1-13-2-4-16-10-15(3-5-17(16)19-13)12-20-8-6-14(11-18)7-9-20/h2-5,10,14H,6-9,11-12,18H2,1H3. The van der Waals surface area contributed by atoms with Crippen LogP contribution in [0.25, 0.3) is 10.9 Å². The molecule has 1 aromatic heterocycles. The highest BCUT2D eigenvalue weighted by Crippen LogP contribution is 2.20. The topological polar surface area (TPSA) is 42.1 Å². The summed E-state index contributed by atoms with van der Waals surface area (Å²) in [5.41, 5.74) is 9.30. The summed E-state index contributed by atoms with van der Waals surface area (Å²) < 4.78 is 0. The van der Waals surface area contributed by atoms with Crippen molar-refractivity contribution < 1.29 is 0 Å². The van der Waals surface area contributed by atoms with E-state index in [9.17, 15) is 0 Å². The lowest BCUT2D eigenvalue weighted by molar-refractivity contribution is 0.180. The minimum Gasteiger partial charge on any atom is -0.330 e. The van der Waals surface area contributed by atoms with Crippen LogP contribution in [0.15, 0.2) is 30.3 Å². The number of hydrogen-bond donors (Lipinski definition) is 1. The number of hydrogen-bond acceptors (Lipinski definition) is 3. The molecular formula is C17H23N3. The summed E-state index contributed by atoms with van der Waals surface area (Å²) in [6.07, 6.45) is 2.48. The van der Waals surface area contributed by atoms with Crippen molar-refractivity contribution in [1.29, 1.82) is 0 Å². The van der Waals surface area contributed by atoms with Crippen LogP contribution in [-0.4, -0.2) is 29.5 Å². The van der Waals surface area contributed by atoms with Crippen LogP contribution in [0.1, 0.15) is 24.1 Å². The third-order valence-electron chi connectivity index (χ3n) is 4.34. The zero-order valence-corrected chi connectivity index (χ0v) is 12.2. The fraction of sp³-hybridized carbons (Fsp3) is 0.471. The lowest BCUT2D eigenvalue weighted by atomic mass is 9.97. The minimum atomic E-state index is 0.732. The summed E-state index contributed by atoms with van der Waals surface area (Å²) >= 11 is 0. The van der Waals surface area contributed by atoms with E-state index >= 15 is 0 Å². The first-order chi connectivity index (χ1) is 9.74. The van der Waals surface area contributed by atoms with Crippen LogP contribution in [0.3, 0.4) is 0 Å². The molecule has 0 atom stereocenters. The van der Waals surface area contributed by atoms with Gasteiger partial charge in [0.25, 0.3) is 0 Å². The maximum absolute atomic E-state index is 5.75. The van der Waals surface area contributed by atoms with Gasteiger partial charge in [0.1, 0.15) is 0 Å². The van der Waals surface area contributed by atoms with Crippen molar-refractivity contribution in [3.63, 3.8) is 0 Å². The van der Waals surface area contributed by atoms with Crippen LogP contribution in [0, 0.1) is 12.8 Å². The van der Waals surface area contributed by atoms with E-state index in [-0.39, 0.29) is 0 Å². The molecule has 2 aromatic rings. The number of piperidine rings is 1. The maximum atomic E-state index is 5.75. The highest BCUT2D eigenvalue weighted by Gasteiger charge is 2.17. The molecule has 3 heteroatoms. The molecule has 0 amide bonds. The van der Waals surface area contributed by atoms with Gasteiger partial charge < -0.3 is 5.73 Å². The van der Waals surface area contributed by atoms with Gasteiger partial charge in [-0.3, -0.25) is 9.88 Å². The second-order valence-electron chi connectivity index (χ2n) is 5.93. The van der Waals surface area contributed by atoms with Gasteiger partial charge in [-0.25, -0.2) is 0 Å². The molecular weight excluding hydrogens is 246 g/mol. The van der Waals surface area contributed by atoms with Crippen LogP contribution in [0.5, 0.6) is 0 Å². The molecule has 0 radical (unpaired) electrons. The number of aromatic nitrogens is 1. The summed E-state index contributed by atoms with van der Waals surface area (Å²) in [4.78, 5) is 7.09. The normalized spacial score (nSPS) is 17.7. The van der Waals surface area contributed by atoms with Crippen molar-refractivity contribution in [2.45, 2.75) is 26.3 Å². The number of likely N-dealkylation sites (tertiary alicyclic amines) is 1. The molecule has 0 aliphatic carbocycles. The number of fused-ring (bicyclic) bond motifs is 1. The van der Waals surface area contributed by atoms with E-state index in [4.69, 9.17) is 5.73 Å². The molecule has 0 spiro atoms. The smallest absolute Gasteiger partial charge is 0.0705 e. The van der Waals surface area contributed by atoms with Gasteiger partial charge in [0.15, 0.2) is 0 Å². The zero-order chi connectivity index (χ0) is 13.9. The molecule has 1 aliphatic heterocycles. The van der Waals surface area contributed by atoms with E-state index < -0.39 is 0 Å².